The van der Waals surface area contributed by atoms with Gasteiger partial charge in [-0.1, -0.05) is 4.49 Å². The van der Waals surface area contributed by atoms with E-state index in [0.717, 1.165) is 11.5 Å². The van der Waals surface area contributed by atoms with Crippen molar-refractivity contribution < 1.29 is 8.76 Å². The third-order valence-corrected chi connectivity index (χ3v) is 1.43. The van der Waals surface area contributed by atoms with Gasteiger partial charge in [-0.3, -0.25) is 8.93 Å². The molecule has 0 aliphatic rings. The lowest BCUT2D eigenvalue weighted by atomic mass is 10.9. The minimum atomic E-state index is -2.29. The van der Waals surface area contributed by atoms with Gasteiger partial charge in [0, 0.05) is 11.3 Å². The molecule has 7 heteroatoms. The van der Waals surface area contributed by atoms with Crippen molar-refractivity contribution in [1.82, 2.24) is 9.59 Å². The van der Waals surface area contributed by atoms with Gasteiger partial charge >= 0.3 is 0 Å². The van der Waals surface area contributed by atoms with Crippen LogP contribution in [-0.4, -0.2) is 18.3 Å². The molecule has 9 heavy (non-hydrogen) atoms. The summed E-state index contributed by atoms with van der Waals surface area (Å²) in [5, 5.41) is 4.92. The van der Waals surface area contributed by atoms with Crippen LogP contribution in [0.4, 0.5) is 5.82 Å². The molecule has 0 bridgehead atoms. The molecule has 0 aliphatic carbocycles. The third kappa shape index (κ3) is 2.04. The van der Waals surface area contributed by atoms with Gasteiger partial charge in [0.2, 0.25) is 0 Å². The molecule has 0 fully saturated rings. The summed E-state index contributed by atoms with van der Waals surface area (Å²) in [7, 11) is 0. The number of hydrogen-bond acceptors (Lipinski definition) is 5. The van der Waals surface area contributed by atoms with Gasteiger partial charge in [-0.2, -0.15) is 0 Å². The molecule has 1 aromatic rings. The Morgan fingerprint density at radius 2 is 2.67 bits per heavy atom. The van der Waals surface area contributed by atoms with E-state index in [9.17, 15) is 8.76 Å². The highest BCUT2D eigenvalue weighted by molar-refractivity contribution is 7.80. The molecule has 1 unspecified atom stereocenters. The van der Waals surface area contributed by atoms with Crippen LogP contribution in [-0.2, 0) is 11.3 Å². The fraction of sp³-hybridized carbons (Fsp3) is 0. The second-order valence-corrected chi connectivity index (χ2v) is 2.41. The first-order valence-corrected chi connectivity index (χ1v) is 3.83. The predicted octanol–water partition coefficient (Wildman–Crippen LogP) is -0.256. The smallest absolute Gasteiger partial charge is 0.172 e. The van der Waals surface area contributed by atoms with Crippen LogP contribution >= 0.6 is 11.5 Å². The van der Waals surface area contributed by atoms with E-state index in [1.54, 1.807) is 0 Å². The first kappa shape index (κ1) is 6.59. The lowest BCUT2D eigenvalue weighted by Crippen LogP contribution is -2.01. The Balaban J connectivity index is 2.58. The normalized spacial score (nSPS) is 13.0. The van der Waals surface area contributed by atoms with Crippen molar-refractivity contribution in [3.8, 4) is 0 Å². The Kier molecular flexibility index (Phi) is 2.09. The standard InChI is InChI=1S/C2H3N3O2S2/c6-9(7)4-2-1-8-5-3-2/h1,4H,(H,6,7)/p-1. The maximum Gasteiger partial charge on any atom is 0.172 e. The van der Waals surface area contributed by atoms with Gasteiger partial charge < -0.3 is 4.55 Å². The number of rotatable bonds is 2. The molecule has 5 nitrogen and oxygen atoms in total. The zero-order valence-electron chi connectivity index (χ0n) is 4.10. The average Bonchev–Trinajstić information content (AvgIpc) is 2.15. The Morgan fingerprint density at radius 3 is 3.11 bits per heavy atom. The van der Waals surface area contributed by atoms with E-state index in [4.69, 9.17) is 0 Å². The van der Waals surface area contributed by atoms with Gasteiger partial charge in [0.1, 0.15) is 0 Å². The van der Waals surface area contributed by atoms with Crippen molar-refractivity contribution in [2.75, 3.05) is 4.72 Å². The molecular formula is C2H2N3O2S2-. The Labute approximate surface area is 57.7 Å². The van der Waals surface area contributed by atoms with Crippen LogP contribution in [0.15, 0.2) is 5.38 Å². The Hall–Kier alpha value is -0.530. The number of anilines is 1. The van der Waals surface area contributed by atoms with Crippen LogP contribution < -0.4 is 4.72 Å². The summed E-state index contributed by atoms with van der Waals surface area (Å²) in [5.74, 6) is 0.258. The van der Waals surface area contributed by atoms with Crippen LogP contribution in [0.2, 0.25) is 0 Å². The summed E-state index contributed by atoms with van der Waals surface area (Å²) in [5.41, 5.74) is 0. The van der Waals surface area contributed by atoms with Crippen molar-refractivity contribution in [2.45, 2.75) is 0 Å². The highest BCUT2D eigenvalue weighted by Gasteiger charge is 1.90. The highest BCUT2D eigenvalue weighted by Crippen LogP contribution is 2.02. The summed E-state index contributed by atoms with van der Waals surface area (Å²) < 4.78 is 25.3. The van der Waals surface area contributed by atoms with E-state index >= 15 is 0 Å². The maximum atomic E-state index is 9.89. The fourth-order valence-corrected chi connectivity index (χ4v) is 1.03. The van der Waals surface area contributed by atoms with E-state index < -0.39 is 11.3 Å². The number of nitrogens with zero attached hydrogens (tertiary/aromatic N) is 2. The first-order chi connectivity index (χ1) is 4.29. The van der Waals surface area contributed by atoms with Gasteiger partial charge in [0.05, 0.1) is 5.38 Å². The Morgan fingerprint density at radius 1 is 1.89 bits per heavy atom. The minimum Gasteiger partial charge on any atom is -0.755 e. The van der Waals surface area contributed by atoms with Crippen LogP contribution in [0.3, 0.4) is 0 Å². The topological polar surface area (TPSA) is 77.9 Å². The van der Waals surface area contributed by atoms with Crippen LogP contribution in [0.5, 0.6) is 0 Å². The van der Waals surface area contributed by atoms with Gasteiger partial charge in [0.15, 0.2) is 5.82 Å². The van der Waals surface area contributed by atoms with Gasteiger partial charge in [-0.25, -0.2) is 0 Å². The van der Waals surface area contributed by atoms with E-state index in [1.807, 2.05) is 4.72 Å². The molecule has 50 valence electrons. The number of nitrogens with one attached hydrogen (secondary N) is 1. The molecule has 0 amide bonds. The number of aromatic nitrogens is 2. The molecule has 0 radical (unpaired) electrons. The quantitative estimate of drug-likeness (QED) is 0.611. The van der Waals surface area contributed by atoms with Crippen molar-refractivity contribution >= 4 is 28.6 Å². The van der Waals surface area contributed by atoms with E-state index in [2.05, 4.69) is 9.59 Å². The van der Waals surface area contributed by atoms with Crippen molar-refractivity contribution in [1.29, 1.82) is 0 Å². The van der Waals surface area contributed by atoms with Crippen LogP contribution in [0.25, 0.3) is 0 Å². The average molecular weight is 164 g/mol. The molecule has 1 aromatic heterocycles. The van der Waals surface area contributed by atoms with Crippen LogP contribution in [0, 0.1) is 0 Å². The third-order valence-electron chi connectivity index (χ3n) is 0.548. The highest BCUT2D eigenvalue weighted by atomic mass is 32.2. The van der Waals surface area contributed by atoms with E-state index in [1.165, 1.54) is 5.38 Å². The summed E-state index contributed by atoms with van der Waals surface area (Å²) in [4.78, 5) is 0. The maximum absolute atomic E-state index is 9.89. The number of hydrogen-bond donors (Lipinski definition) is 1. The molecule has 1 rings (SSSR count). The Bertz CT molecular complexity index is 198. The van der Waals surface area contributed by atoms with Crippen molar-refractivity contribution in [3.05, 3.63) is 5.38 Å². The van der Waals surface area contributed by atoms with Crippen LogP contribution in [0.1, 0.15) is 0 Å². The molecule has 0 saturated heterocycles. The zero-order chi connectivity index (χ0) is 6.69. The summed E-state index contributed by atoms with van der Waals surface area (Å²) in [6, 6.07) is 0. The summed E-state index contributed by atoms with van der Waals surface area (Å²) in [6.45, 7) is 0. The van der Waals surface area contributed by atoms with Gasteiger partial charge in [-0.15, -0.1) is 5.10 Å². The second-order valence-electron chi connectivity index (χ2n) is 1.13. The molecule has 0 spiro atoms. The molecule has 1 atom stereocenters. The fourth-order valence-electron chi connectivity index (χ4n) is 0.294. The second kappa shape index (κ2) is 2.85. The molecule has 1 N–H and O–H groups in total. The molecule has 0 aromatic carbocycles. The molecular weight excluding hydrogens is 162 g/mol. The SMILES string of the molecule is O=S([O-])Nc1csnn1. The summed E-state index contributed by atoms with van der Waals surface area (Å²) >= 11 is -1.21. The summed E-state index contributed by atoms with van der Waals surface area (Å²) in [6.07, 6.45) is 0. The monoisotopic (exact) mass is 164 g/mol. The first-order valence-electron chi connectivity index (χ1n) is 1.92. The molecule has 0 saturated carbocycles. The lowest BCUT2D eigenvalue weighted by molar-refractivity contribution is 0.542. The van der Waals surface area contributed by atoms with Gasteiger partial charge in [0.25, 0.3) is 0 Å². The van der Waals surface area contributed by atoms with Gasteiger partial charge in [-0.05, 0) is 11.5 Å². The molecule has 1 heterocycles. The lowest BCUT2D eigenvalue weighted by Gasteiger charge is -2.02. The predicted molar refractivity (Wildman–Crippen MR) is 32.5 cm³/mol. The minimum absolute atomic E-state index is 0.258. The largest absolute Gasteiger partial charge is 0.755 e. The van der Waals surface area contributed by atoms with E-state index in [-0.39, 0.29) is 5.82 Å². The van der Waals surface area contributed by atoms with Crippen molar-refractivity contribution in [3.63, 3.8) is 0 Å². The van der Waals surface area contributed by atoms with Crippen molar-refractivity contribution in [2.24, 2.45) is 0 Å². The molecule has 0 aliphatic heterocycles. The van der Waals surface area contributed by atoms with E-state index in [0.29, 0.717) is 0 Å². The zero-order valence-corrected chi connectivity index (χ0v) is 5.74.